The van der Waals surface area contributed by atoms with Gasteiger partial charge in [0.2, 0.25) is 0 Å². The molecule has 2 aromatic rings. The molecule has 0 unspecified atom stereocenters. The highest BCUT2D eigenvalue weighted by Crippen LogP contribution is 2.21. The van der Waals surface area contributed by atoms with Gasteiger partial charge >= 0.3 is 5.97 Å². The predicted molar refractivity (Wildman–Crippen MR) is 75.1 cm³/mol. The fourth-order valence-corrected chi connectivity index (χ4v) is 2.06. The number of nitrogen functional groups attached to an aromatic ring is 1. The number of amides is 1. The Labute approximate surface area is 120 Å². The van der Waals surface area contributed by atoms with Gasteiger partial charge in [0.15, 0.2) is 5.69 Å². The summed E-state index contributed by atoms with van der Waals surface area (Å²) in [5.74, 6) is -1.29. The van der Waals surface area contributed by atoms with Crippen molar-refractivity contribution >= 4 is 17.6 Å². The van der Waals surface area contributed by atoms with E-state index in [2.05, 4.69) is 14.8 Å². The summed E-state index contributed by atoms with van der Waals surface area (Å²) in [5.41, 5.74) is 13.0. The maximum absolute atomic E-state index is 11.6. The lowest BCUT2D eigenvalue weighted by Gasteiger charge is -2.10. The maximum atomic E-state index is 11.6. The van der Waals surface area contributed by atoms with E-state index in [1.54, 1.807) is 19.9 Å². The molecule has 0 bridgehead atoms. The number of nitrogens with zero attached hydrogens (tertiary/aromatic N) is 3. The van der Waals surface area contributed by atoms with Crippen molar-refractivity contribution < 1.29 is 14.3 Å². The smallest absolute Gasteiger partial charge is 0.360 e. The third-order valence-corrected chi connectivity index (χ3v) is 2.92. The van der Waals surface area contributed by atoms with Crippen molar-refractivity contribution in [2.24, 2.45) is 5.73 Å². The fourth-order valence-electron chi connectivity index (χ4n) is 2.06. The van der Waals surface area contributed by atoms with Crippen LogP contribution in [0.3, 0.4) is 0 Å². The molecule has 2 aromatic heterocycles. The number of primary amides is 1. The van der Waals surface area contributed by atoms with Crippen LogP contribution < -0.4 is 11.5 Å². The van der Waals surface area contributed by atoms with E-state index in [9.17, 15) is 9.59 Å². The van der Waals surface area contributed by atoms with Crippen molar-refractivity contribution in [2.45, 2.75) is 13.8 Å². The number of nitrogens with two attached hydrogens (primary N) is 2. The zero-order valence-electron chi connectivity index (χ0n) is 11.9. The molecule has 1 amide bonds. The van der Waals surface area contributed by atoms with Crippen LogP contribution in [0.25, 0.3) is 5.69 Å². The summed E-state index contributed by atoms with van der Waals surface area (Å²) in [6, 6.07) is 1.64. The number of methoxy groups -OCH3 is 1. The lowest BCUT2D eigenvalue weighted by Crippen LogP contribution is -2.18. The number of hydrogen-bond donors (Lipinski definition) is 2. The van der Waals surface area contributed by atoms with Gasteiger partial charge in [-0.15, -0.1) is 0 Å². The van der Waals surface area contributed by atoms with Gasteiger partial charge in [0.05, 0.1) is 35.9 Å². The van der Waals surface area contributed by atoms with Gasteiger partial charge in [-0.2, -0.15) is 5.10 Å². The average Bonchev–Trinajstić information content (AvgIpc) is 2.78. The Morgan fingerprint density at radius 2 is 2.00 bits per heavy atom. The normalized spacial score (nSPS) is 10.4. The number of anilines is 1. The van der Waals surface area contributed by atoms with Crippen LogP contribution in [-0.4, -0.2) is 33.8 Å². The molecule has 2 heterocycles. The van der Waals surface area contributed by atoms with Gasteiger partial charge in [0.1, 0.15) is 0 Å². The van der Waals surface area contributed by atoms with E-state index in [0.717, 1.165) is 0 Å². The molecule has 0 aliphatic carbocycles. The average molecular weight is 289 g/mol. The minimum atomic E-state index is -0.658. The summed E-state index contributed by atoms with van der Waals surface area (Å²) in [4.78, 5) is 27.4. The summed E-state index contributed by atoms with van der Waals surface area (Å²) in [5, 5.41) is 4.06. The third kappa shape index (κ3) is 2.55. The summed E-state index contributed by atoms with van der Waals surface area (Å²) < 4.78 is 5.92. The summed E-state index contributed by atoms with van der Waals surface area (Å²) in [7, 11) is 1.23. The van der Waals surface area contributed by atoms with Gasteiger partial charge in [-0.05, 0) is 19.9 Å². The minimum absolute atomic E-state index is 0.0277. The van der Waals surface area contributed by atoms with Gasteiger partial charge in [0, 0.05) is 5.69 Å². The van der Waals surface area contributed by atoms with Crippen LogP contribution in [0.4, 0.5) is 5.69 Å². The first-order valence-electron chi connectivity index (χ1n) is 6.07. The molecule has 0 aliphatic heterocycles. The Kier molecular flexibility index (Phi) is 3.62. The number of carbonyl (C=O) groups is 2. The first-order chi connectivity index (χ1) is 9.85. The summed E-state index contributed by atoms with van der Waals surface area (Å²) in [6.07, 6.45) is 1.42. The van der Waals surface area contributed by atoms with E-state index in [-0.39, 0.29) is 16.9 Å². The molecule has 0 aliphatic rings. The minimum Gasteiger partial charge on any atom is -0.464 e. The first-order valence-corrected chi connectivity index (χ1v) is 6.07. The molecule has 0 saturated carbocycles. The molecule has 2 rings (SSSR count). The van der Waals surface area contributed by atoms with Crippen LogP contribution in [0.2, 0.25) is 0 Å². The second kappa shape index (κ2) is 5.23. The molecule has 0 spiro atoms. The van der Waals surface area contributed by atoms with Crippen molar-refractivity contribution in [3.05, 3.63) is 34.9 Å². The van der Waals surface area contributed by atoms with E-state index in [0.29, 0.717) is 17.1 Å². The van der Waals surface area contributed by atoms with Crippen molar-refractivity contribution in [3.63, 3.8) is 0 Å². The van der Waals surface area contributed by atoms with Gasteiger partial charge in [0.25, 0.3) is 5.91 Å². The molecule has 21 heavy (non-hydrogen) atoms. The Hall–Kier alpha value is -2.90. The van der Waals surface area contributed by atoms with Crippen molar-refractivity contribution in [3.8, 4) is 5.69 Å². The van der Waals surface area contributed by atoms with Crippen LogP contribution in [0, 0.1) is 13.8 Å². The Morgan fingerprint density at radius 3 is 2.57 bits per heavy atom. The van der Waals surface area contributed by atoms with Gasteiger partial charge in [-0.25, -0.2) is 9.48 Å². The van der Waals surface area contributed by atoms with Gasteiger partial charge in [-0.3, -0.25) is 9.78 Å². The number of pyridine rings is 1. The number of ether oxygens (including phenoxy) is 1. The second-order valence-electron chi connectivity index (χ2n) is 4.48. The topological polar surface area (TPSA) is 126 Å². The number of hydrogen-bond acceptors (Lipinski definition) is 6. The number of esters is 1. The highest BCUT2D eigenvalue weighted by Gasteiger charge is 2.20. The predicted octanol–water partition coefficient (Wildman–Crippen LogP) is 0.352. The zero-order valence-corrected chi connectivity index (χ0v) is 11.9. The third-order valence-electron chi connectivity index (χ3n) is 2.92. The molecule has 0 radical (unpaired) electrons. The highest BCUT2D eigenvalue weighted by atomic mass is 16.5. The molecule has 0 aromatic carbocycles. The second-order valence-corrected chi connectivity index (χ2v) is 4.48. The van der Waals surface area contributed by atoms with Crippen LogP contribution >= 0.6 is 0 Å². The first kappa shape index (κ1) is 14.5. The highest BCUT2D eigenvalue weighted by molar-refractivity contribution is 5.98. The Bertz CT molecular complexity index is 736. The quantitative estimate of drug-likeness (QED) is 0.785. The van der Waals surface area contributed by atoms with Crippen molar-refractivity contribution in [2.75, 3.05) is 12.8 Å². The van der Waals surface area contributed by atoms with E-state index in [4.69, 9.17) is 11.5 Å². The van der Waals surface area contributed by atoms with Crippen molar-refractivity contribution in [1.82, 2.24) is 14.8 Å². The maximum Gasteiger partial charge on any atom is 0.360 e. The fraction of sp³-hybridized carbons (Fsp3) is 0.231. The van der Waals surface area contributed by atoms with E-state index < -0.39 is 11.9 Å². The van der Waals surface area contributed by atoms with Crippen LogP contribution in [-0.2, 0) is 4.74 Å². The standard InChI is InChI=1S/C13H15N5O3/c1-6-4-9(10(12(15)19)7(2)16-6)18-5-8(14)11(17-18)13(20)21-3/h4-5H,14H2,1-3H3,(H2,15,19). The number of aromatic nitrogens is 3. The van der Waals surface area contributed by atoms with Crippen LogP contribution in [0.15, 0.2) is 12.3 Å². The van der Waals surface area contributed by atoms with E-state index >= 15 is 0 Å². The summed E-state index contributed by atoms with van der Waals surface area (Å²) in [6.45, 7) is 3.44. The molecule has 0 atom stereocenters. The Morgan fingerprint density at radius 1 is 1.33 bits per heavy atom. The summed E-state index contributed by atoms with van der Waals surface area (Å²) >= 11 is 0. The monoisotopic (exact) mass is 289 g/mol. The van der Waals surface area contributed by atoms with Gasteiger partial charge < -0.3 is 16.2 Å². The number of aryl methyl sites for hydroxylation is 2. The largest absolute Gasteiger partial charge is 0.464 e. The molecule has 0 saturated heterocycles. The molecule has 8 nitrogen and oxygen atoms in total. The van der Waals surface area contributed by atoms with Crippen LogP contribution in [0.5, 0.6) is 0 Å². The molecular weight excluding hydrogens is 274 g/mol. The molecule has 8 heteroatoms. The number of carbonyl (C=O) groups excluding carboxylic acids is 2. The molecule has 110 valence electrons. The zero-order chi connectivity index (χ0) is 15.7. The van der Waals surface area contributed by atoms with E-state index in [1.165, 1.54) is 18.0 Å². The van der Waals surface area contributed by atoms with Gasteiger partial charge in [-0.1, -0.05) is 0 Å². The van der Waals surface area contributed by atoms with Crippen LogP contribution in [0.1, 0.15) is 32.2 Å². The number of rotatable bonds is 3. The van der Waals surface area contributed by atoms with E-state index in [1.807, 2.05) is 0 Å². The molecular formula is C13H15N5O3. The molecule has 4 N–H and O–H groups in total. The SMILES string of the molecule is COC(=O)c1nn(-c2cc(C)nc(C)c2C(N)=O)cc1N. The lowest BCUT2D eigenvalue weighted by atomic mass is 10.1. The van der Waals surface area contributed by atoms with Crippen molar-refractivity contribution in [1.29, 1.82) is 0 Å². The Balaban J connectivity index is 2.67. The lowest BCUT2D eigenvalue weighted by molar-refractivity contribution is 0.0594. The molecule has 0 fully saturated rings.